The number of benzene rings is 1. The highest BCUT2D eigenvalue weighted by atomic mass is 79.9. The van der Waals surface area contributed by atoms with Crippen LogP contribution < -0.4 is 5.32 Å². The fourth-order valence-corrected chi connectivity index (χ4v) is 3.04. The molecule has 1 aliphatic rings. The standard InChI is InChI=1S/C16H24BrN3O2/c1-13-12-14(17)4-5-15(13)18-16(21)20-9-7-19(8-10-20)6-3-11-22-2/h4-5,12H,3,6-11H2,1-2H3,(H,18,21). The maximum absolute atomic E-state index is 12.3. The highest BCUT2D eigenvalue weighted by molar-refractivity contribution is 9.10. The molecule has 1 aromatic carbocycles. The van der Waals surface area contributed by atoms with E-state index in [1.54, 1.807) is 7.11 Å². The average Bonchev–Trinajstić information content (AvgIpc) is 2.51. The predicted octanol–water partition coefficient (Wildman–Crippen LogP) is 2.94. The molecular weight excluding hydrogens is 346 g/mol. The van der Waals surface area contributed by atoms with Gasteiger partial charge in [0.25, 0.3) is 0 Å². The van der Waals surface area contributed by atoms with E-state index in [-0.39, 0.29) is 6.03 Å². The van der Waals surface area contributed by atoms with Crippen LogP contribution in [0.3, 0.4) is 0 Å². The number of anilines is 1. The van der Waals surface area contributed by atoms with Gasteiger partial charge in [0.2, 0.25) is 0 Å². The summed E-state index contributed by atoms with van der Waals surface area (Å²) in [5, 5.41) is 3.00. The molecule has 1 aromatic rings. The molecule has 0 aliphatic carbocycles. The lowest BCUT2D eigenvalue weighted by atomic mass is 10.2. The van der Waals surface area contributed by atoms with Crippen LogP contribution in [0.1, 0.15) is 12.0 Å². The largest absolute Gasteiger partial charge is 0.385 e. The lowest BCUT2D eigenvalue weighted by molar-refractivity contribution is 0.130. The summed E-state index contributed by atoms with van der Waals surface area (Å²) < 4.78 is 6.09. The van der Waals surface area contributed by atoms with Crippen LogP contribution in [0.15, 0.2) is 22.7 Å². The highest BCUT2D eigenvalue weighted by Crippen LogP contribution is 2.20. The first kappa shape index (κ1) is 17.2. The molecule has 0 radical (unpaired) electrons. The molecule has 0 unspecified atom stereocenters. The molecule has 2 rings (SSSR count). The summed E-state index contributed by atoms with van der Waals surface area (Å²) in [4.78, 5) is 16.6. The van der Waals surface area contributed by atoms with Crippen LogP contribution in [0.5, 0.6) is 0 Å². The summed E-state index contributed by atoms with van der Waals surface area (Å²) in [7, 11) is 1.73. The van der Waals surface area contributed by atoms with Crippen LogP contribution in [0.25, 0.3) is 0 Å². The van der Waals surface area contributed by atoms with Crippen molar-refractivity contribution in [1.29, 1.82) is 0 Å². The van der Waals surface area contributed by atoms with Gasteiger partial charge in [0.1, 0.15) is 0 Å². The first-order valence-electron chi connectivity index (χ1n) is 7.63. The number of halogens is 1. The number of aryl methyl sites for hydroxylation is 1. The zero-order chi connectivity index (χ0) is 15.9. The molecule has 0 atom stereocenters. The Morgan fingerprint density at radius 2 is 2.05 bits per heavy atom. The fourth-order valence-electron chi connectivity index (χ4n) is 2.57. The molecule has 22 heavy (non-hydrogen) atoms. The van der Waals surface area contributed by atoms with Crippen molar-refractivity contribution >= 4 is 27.6 Å². The Hall–Kier alpha value is -1.11. The van der Waals surface area contributed by atoms with E-state index < -0.39 is 0 Å². The third-order valence-corrected chi connectivity index (χ3v) is 4.41. The summed E-state index contributed by atoms with van der Waals surface area (Å²) in [5.74, 6) is 0. The van der Waals surface area contributed by atoms with Crippen LogP contribution in [0.2, 0.25) is 0 Å². The average molecular weight is 370 g/mol. The second-order valence-electron chi connectivity index (χ2n) is 5.56. The third kappa shape index (κ3) is 4.97. The van der Waals surface area contributed by atoms with Gasteiger partial charge in [-0.3, -0.25) is 4.90 Å². The van der Waals surface area contributed by atoms with E-state index in [9.17, 15) is 4.79 Å². The number of urea groups is 1. The van der Waals surface area contributed by atoms with Crippen molar-refractivity contribution in [3.8, 4) is 0 Å². The van der Waals surface area contributed by atoms with Gasteiger partial charge in [-0.1, -0.05) is 15.9 Å². The highest BCUT2D eigenvalue weighted by Gasteiger charge is 2.21. The van der Waals surface area contributed by atoms with Gasteiger partial charge in [-0.2, -0.15) is 0 Å². The topological polar surface area (TPSA) is 44.8 Å². The SMILES string of the molecule is COCCCN1CCN(C(=O)Nc2ccc(Br)cc2C)CC1. The zero-order valence-electron chi connectivity index (χ0n) is 13.3. The van der Waals surface area contributed by atoms with Crippen molar-refractivity contribution in [3.63, 3.8) is 0 Å². The van der Waals surface area contributed by atoms with E-state index in [0.717, 1.165) is 61.5 Å². The molecule has 5 nitrogen and oxygen atoms in total. The number of carbonyl (C=O) groups is 1. The lowest BCUT2D eigenvalue weighted by Crippen LogP contribution is -2.50. The van der Waals surface area contributed by atoms with E-state index in [2.05, 4.69) is 26.1 Å². The molecule has 0 spiro atoms. The van der Waals surface area contributed by atoms with Gasteiger partial charge in [-0.15, -0.1) is 0 Å². The Bertz CT molecular complexity index is 502. The minimum Gasteiger partial charge on any atom is -0.385 e. The number of piperazine rings is 1. The van der Waals surface area contributed by atoms with Gasteiger partial charge in [-0.25, -0.2) is 4.79 Å². The Morgan fingerprint density at radius 1 is 1.32 bits per heavy atom. The summed E-state index contributed by atoms with van der Waals surface area (Å²) in [6.45, 7) is 7.22. The zero-order valence-corrected chi connectivity index (χ0v) is 14.9. The number of methoxy groups -OCH3 is 1. The molecule has 0 bridgehead atoms. The van der Waals surface area contributed by atoms with E-state index in [1.165, 1.54) is 0 Å². The van der Waals surface area contributed by atoms with Gasteiger partial charge in [0.15, 0.2) is 0 Å². The Morgan fingerprint density at radius 3 is 2.68 bits per heavy atom. The maximum Gasteiger partial charge on any atom is 0.321 e. The van der Waals surface area contributed by atoms with Gasteiger partial charge < -0.3 is 15.0 Å². The van der Waals surface area contributed by atoms with Crippen molar-refractivity contribution in [2.24, 2.45) is 0 Å². The molecule has 0 aromatic heterocycles. The monoisotopic (exact) mass is 369 g/mol. The molecule has 6 heteroatoms. The fraction of sp³-hybridized carbons (Fsp3) is 0.562. The minimum absolute atomic E-state index is 0.0121. The molecule has 1 heterocycles. The van der Waals surface area contributed by atoms with Crippen LogP contribution in [0, 0.1) is 6.92 Å². The van der Waals surface area contributed by atoms with Crippen molar-refractivity contribution in [2.45, 2.75) is 13.3 Å². The first-order chi connectivity index (χ1) is 10.6. The second-order valence-corrected chi connectivity index (χ2v) is 6.48. The molecule has 0 saturated carbocycles. The molecule has 1 aliphatic heterocycles. The van der Waals surface area contributed by atoms with E-state index in [4.69, 9.17) is 4.74 Å². The number of hydrogen-bond donors (Lipinski definition) is 1. The molecule has 122 valence electrons. The van der Waals surface area contributed by atoms with Crippen molar-refractivity contribution in [3.05, 3.63) is 28.2 Å². The second kappa shape index (κ2) is 8.50. The van der Waals surface area contributed by atoms with Crippen molar-refractivity contribution in [2.75, 3.05) is 51.8 Å². The van der Waals surface area contributed by atoms with Crippen molar-refractivity contribution < 1.29 is 9.53 Å². The smallest absolute Gasteiger partial charge is 0.321 e. The summed E-state index contributed by atoms with van der Waals surface area (Å²) in [6.07, 6.45) is 1.04. The number of rotatable bonds is 5. The minimum atomic E-state index is -0.0121. The van der Waals surface area contributed by atoms with Crippen LogP contribution in [-0.2, 0) is 4.74 Å². The van der Waals surface area contributed by atoms with Gasteiger partial charge >= 0.3 is 6.03 Å². The normalized spacial score (nSPS) is 15.9. The molecule has 2 amide bonds. The number of hydrogen-bond acceptors (Lipinski definition) is 3. The maximum atomic E-state index is 12.3. The third-order valence-electron chi connectivity index (χ3n) is 3.91. The van der Waals surface area contributed by atoms with E-state index >= 15 is 0 Å². The lowest BCUT2D eigenvalue weighted by Gasteiger charge is -2.34. The molecular formula is C16H24BrN3O2. The van der Waals surface area contributed by atoms with Gasteiger partial charge in [-0.05, 0) is 37.1 Å². The molecule has 1 saturated heterocycles. The van der Waals surface area contributed by atoms with Crippen molar-refractivity contribution in [1.82, 2.24) is 9.80 Å². The first-order valence-corrected chi connectivity index (χ1v) is 8.43. The van der Waals surface area contributed by atoms with E-state index in [0.29, 0.717) is 0 Å². The van der Waals surface area contributed by atoms with Crippen LogP contribution >= 0.6 is 15.9 Å². The van der Waals surface area contributed by atoms with Crippen LogP contribution in [0.4, 0.5) is 10.5 Å². The quantitative estimate of drug-likeness (QED) is 0.811. The number of nitrogens with zero attached hydrogens (tertiary/aromatic N) is 2. The molecule has 1 fully saturated rings. The van der Waals surface area contributed by atoms with Gasteiger partial charge in [0, 0.05) is 56.6 Å². The summed E-state index contributed by atoms with van der Waals surface area (Å²) in [6, 6.07) is 5.86. The Labute approximate surface area is 140 Å². The Kier molecular flexibility index (Phi) is 6.67. The van der Waals surface area contributed by atoms with Crippen LogP contribution in [-0.4, -0.2) is 62.3 Å². The van der Waals surface area contributed by atoms with Gasteiger partial charge in [0.05, 0.1) is 0 Å². The molecule has 1 N–H and O–H groups in total. The number of carbonyl (C=O) groups excluding carboxylic acids is 1. The number of ether oxygens (including phenoxy) is 1. The van der Waals surface area contributed by atoms with E-state index in [1.807, 2.05) is 30.0 Å². The predicted molar refractivity (Wildman–Crippen MR) is 92.4 cm³/mol. The number of nitrogens with one attached hydrogen (secondary N) is 1. The summed E-state index contributed by atoms with van der Waals surface area (Å²) in [5.41, 5.74) is 1.93. The summed E-state index contributed by atoms with van der Waals surface area (Å²) >= 11 is 3.43. The number of amides is 2. The Balaban J connectivity index is 1.80.